The van der Waals surface area contributed by atoms with Gasteiger partial charge in [-0.15, -0.1) is 11.3 Å². The highest BCUT2D eigenvalue weighted by Gasteiger charge is 2.23. The van der Waals surface area contributed by atoms with Gasteiger partial charge in [-0.05, 0) is 24.6 Å². The second-order valence-electron chi connectivity index (χ2n) is 5.51. The van der Waals surface area contributed by atoms with E-state index in [1.807, 2.05) is 47.7 Å². The number of hydrogen-bond donors (Lipinski definition) is 1. The molecule has 7 heteroatoms. The molecule has 0 aliphatic carbocycles. The monoisotopic (exact) mass is 350 g/mol. The number of rotatable bonds is 3. The van der Waals surface area contributed by atoms with Crippen molar-refractivity contribution in [3.63, 3.8) is 0 Å². The first-order chi connectivity index (χ1) is 11.1. The molecule has 0 radical (unpaired) electrons. The van der Waals surface area contributed by atoms with E-state index in [2.05, 4.69) is 15.2 Å². The van der Waals surface area contributed by atoms with E-state index in [-0.39, 0.29) is 12.1 Å². The van der Waals surface area contributed by atoms with E-state index in [0.29, 0.717) is 18.1 Å². The Balaban J connectivity index is 1.52. The molecular formula is C16H19ClN4OS. The molecule has 1 N–H and O–H groups in total. The van der Waals surface area contributed by atoms with Crippen LogP contribution in [0.3, 0.4) is 0 Å². The summed E-state index contributed by atoms with van der Waals surface area (Å²) in [4.78, 5) is 20.8. The van der Waals surface area contributed by atoms with Crippen molar-refractivity contribution in [1.82, 2.24) is 15.2 Å². The fraction of sp³-hybridized carbons (Fsp3) is 0.375. The van der Waals surface area contributed by atoms with Gasteiger partial charge in [0.05, 0.1) is 6.04 Å². The minimum Gasteiger partial charge on any atom is -0.345 e. The maximum absolute atomic E-state index is 12.4. The van der Waals surface area contributed by atoms with Crippen molar-refractivity contribution in [1.29, 1.82) is 0 Å². The molecule has 2 aromatic rings. The topological polar surface area (TPSA) is 48.5 Å². The van der Waals surface area contributed by atoms with E-state index in [4.69, 9.17) is 11.6 Å². The zero-order valence-electron chi connectivity index (χ0n) is 12.9. The third-order valence-electron chi connectivity index (χ3n) is 3.97. The summed E-state index contributed by atoms with van der Waals surface area (Å²) in [5.41, 5.74) is 1.05. The summed E-state index contributed by atoms with van der Waals surface area (Å²) >= 11 is 7.53. The van der Waals surface area contributed by atoms with Crippen LogP contribution in [0.1, 0.15) is 18.5 Å². The maximum atomic E-state index is 12.4. The number of thiazole rings is 1. The molecule has 1 aromatic heterocycles. The minimum absolute atomic E-state index is 0.0220. The third kappa shape index (κ3) is 3.95. The summed E-state index contributed by atoms with van der Waals surface area (Å²) in [6.07, 6.45) is 1.81. The Morgan fingerprint density at radius 1 is 1.26 bits per heavy atom. The maximum Gasteiger partial charge on any atom is 0.317 e. The van der Waals surface area contributed by atoms with E-state index in [0.717, 1.165) is 23.8 Å². The van der Waals surface area contributed by atoms with Crippen molar-refractivity contribution in [2.24, 2.45) is 0 Å². The molecule has 1 aromatic carbocycles. The van der Waals surface area contributed by atoms with Gasteiger partial charge < -0.3 is 15.1 Å². The highest BCUT2D eigenvalue weighted by atomic mass is 35.5. The van der Waals surface area contributed by atoms with E-state index in [9.17, 15) is 4.79 Å². The van der Waals surface area contributed by atoms with Gasteiger partial charge in [-0.3, -0.25) is 0 Å². The summed E-state index contributed by atoms with van der Waals surface area (Å²) in [6, 6.07) is 7.49. The fourth-order valence-electron chi connectivity index (χ4n) is 2.58. The average molecular weight is 351 g/mol. The molecule has 1 aliphatic rings. The van der Waals surface area contributed by atoms with Crippen LogP contribution in [0.4, 0.5) is 9.93 Å². The SMILES string of the molecule is CC(NC(=O)N1CCN(c2nccs2)CC1)c1ccc(Cl)cc1. The van der Waals surface area contributed by atoms with Crippen LogP contribution in [-0.2, 0) is 0 Å². The van der Waals surface area contributed by atoms with Gasteiger partial charge in [0.15, 0.2) is 5.13 Å². The molecular weight excluding hydrogens is 332 g/mol. The highest BCUT2D eigenvalue weighted by molar-refractivity contribution is 7.13. The molecule has 1 unspecified atom stereocenters. The van der Waals surface area contributed by atoms with Crippen molar-refractivity contribution in [3.8, 4) is 0 Å². The summed E-state index contributed by atoms with van der Waals surface area (Å²) in [7, 11) is 0. The Hall–Kier alpha value is -1.79. The number of hydrogen-bond acceptors (Lipinski definition) is 4. The van der Waals surface area contributed by atoms with Gasteiger partial charge in [-0.1, -0.05) is 23.7 Å². The Morgan fingerprint density at radius 2 is 1.96 bits per heavy atom. The van der Waals surface area contributed by atoms with Crippen LogP contribution >= 0.6 is 22.9 Å². The summed E-state index contributed by atoms with van der Waals surface area (Å²) < 4.78 is 0. The second-order valence-corrected chi connectivity index (χ2v) is 6.82. The lowest BCUT2D eigenvalue weighted by molar-refractivity contribution is 0.191. The van der Waals surface area contributed by atoms with Crippen LogP contribution in [0, 0.1) is 0 Å². The number of carbonyl (C=O) groups excluding carboxylic acids is 1. The first kappa shape index (κ1) is 16.1. The van der Waals surface area contributed by atoms with Crippen molar-refractivity contribution in [2.75, 3.05) is 31.1 Å². The summed E-state index contributed by atoms with van der Waals surface area (Å²) in [5.74, 6) is 0. The van der Waals surface area contributed by atoms with Crippen LogP contribution in [0.15, 0.2) is 35.8 Å². The normalized spacial score (nSPS) is 16.3. The Labute approximate surface area is 144 Å². The predicted octanol–water partition coefficient (Wildman–Crippen LogP) is 3.39. The van der Waals surface area contributed by atoms with Gasteiger partial charge in [0.25, 0.3) is 0 Å². The number of piperazine rings is 1. The molecule has 2 heterocycles. The zero-order chi connectivity index (χ0) is 16.2. The lowest BCUT2D eigenvalue weighted by Gasteiger charge is -2.35. The smallest absolute Gasteiger partial charge is 0.317 e. The van der Waals surface area contributed by atoms with E-state index in [1.54, 1.807) is 11.3 Å². The standard InChI is InChI=1S/C16H19ClN4OS/c1-12(13-2-4-14(17)5-3-13)19-15(22)20-7-9-21(10-8-20)16-18-6-11-23-16/h2-6,11-12H,7-10H2,1H3,(H,19,22). The molecule has 1 saturated heterocycles. The van der Waals surface area contributed by atoms with Crippen LogP contribution in [0.2, 0.25) is 5.02 Å². The van der Waals surface area contributed by atoms with Crippen molar-refractivity contribution in [2.45, 2.75) is 13.0 Å². The zero-order valence-corrected chi connectivity index (χ0v) is 14.5. The van der Waals surface area contributed by atoms with Crippen molar-refractivity contribution in [3.05, 3.63) is 46.4 Å². The van der Waals surface area contributed by atoms with Crippen LogP contribution < -0.4 is 10.2 Å². The quantitative estimate of drug-likeness (QED) is 0.923. The molecule has 23 heavy (non-hydrogen) atoms. The van der Waals surface area contributed by atoms with Crippen LogP contribution in [0.5, 0.6) is 0 Å². The number of nitrogens with one attached hydrogen (secondary N) is 1. The van der Waals surface area contributed by atoms with Gasteiger partial charge in [-0.25, -0.2) is 9.78 Å². The number of anilines is 1. The molecule has 5 nitrogen and oxygen atoms in total. The van der Waals surface area contributed by atoms with Gasteiger partial charge in [-0.2, -0.15) is 0 Å². The molecule has 0 saturated carbocycles. The molecule has 1 atom stereocenters. The lowest BCUT2D eigenvalue weighted by atomic mass is 10.1. The van der Waals surface area contributed by atoms with Crippen LogP contribution in [-0.4, -0.2) is 42.1 Å². The molecule has 3 rings (SSSR count). The molecule has 1 fully saturated rings. The van der Waals surface area contributed by atoms with Crippen molar-refractivity contribution >= 4 is 34.1 Å². The van der Waals surface area contributed by atoms with E-state index < -0.39 is 0 Å². The number of benzene rings is 1. The van der Waals surface area contributed by atoms with Gasteiger partial charge in [0.2, 0.25) is 0 Å². The number of aromatic nitrogens is 1. The van der Waals surface area contributed by atoms with Gasteiger partial charge >= 0.3 is 6.03 Å². The summed E-state index contributed by atoms with van der Waals surface area (Å²) in [6.45, 7) is 5.02. The van der Waals surface area contributed by atoms with E-state index >= 15 is 0 Å². The molecule has 0 spiro atoms. The van der Waals surface area contributed by atoms with Gasteiger partial charge in [0.1, 0.15) is 0 Å². The van der Waals surface area contributed by atoms with Crippen molar-refractivity contribution < 1.29 is 4.79 Å². The number of urea groups is 1. The largest absolute Gasteiger partial charge is 0.345 e. The molecule has 2 amide bonds. The Morgan fingerprint density at radius 3 is 2.57 bits per heavy atom. The first-order valence-electron chi connectivity index (χ1n) is 7.59. The Kier molecular flexibility index (Phi) is 5.03. The minimum atomic E-state index is -0.0447. The van der Waals surface area contributed by atoms with E-state index in [1.165, 1.54) is 0 Å². The number of halogens is 1. The fourth-order valence-corrected chi connectivity index (χ4v) is 3.41. The summed E-state index contributed by atoms with van der Waals surface area (Å²) in [5, 5.41) is 6.75. The second kappa shape index (κ2) is 7.19. The highest BCUT2D eigenvalue weighted by Crippen LogP contribution is 2.20. The molecule has 1 aliphatic heterocycles. The number of amides is 2. The number of carbonyl (C=O) groups is 1. The lowest BCUT2D eigenvalue weighted by Crippen LogP contribution is -2.52. The third-order valence-corrected chi connectivity index (χ3v) is 5.05. The predicted molar refractivity (Wildman–Crippen MR) is 94.3 cm³/mol. The van der Waals surface area contributed by atoms with Crippen LogP contribution in [0.25, 0.3) is 0 Å². The number of nitrogens with zero attached hydrogens (tertiary/aromatic N) is 3. The molecule has 122 valence electrons. The molecule has 0 bridgehead atoms. The average Bonchev–Trinajstić information content (AvgIpc) is 3.10. The van der Waals surface area contributed by atoms with Gasteiger partial charge in [0, 0.05) is 42.8 Å². The Bertz CT molecular complexity index is 639. The first-order valence-corrected chi connectivity index (χ1v) is 8.84.